The summed E-state index contributed by atoms with van der Waals surface area (Å²) in [5.74, 6) is 0.278. The van der Waals surface area contributed by atoms with E-state index in [9.17, 15) is 4.79 Å². The smallest absolute Gasteiger partial charge is 0.358 e. The van der Waals surface area contributed by atoms with E-state index in [2.05, 4.69) is 37.0 Å². The van der Waals surface area contributed by atoms with Crippen LogP contribution in [0.3, 0.4) is 0 Å². The van der Waals surface area contributed by atoms with Crippen molar-refractivity contribution in [2.24, 2.45) is 0 Å². The van der Waals surface area contributed by atoms with Gasteiger partial charge < -0.3 is 9.47 Å². The van der Waals surface area contributed by atoms with Gasteiger partial charge in [0, 0.05) is 0 Å². The van der Waals surface area contributed by atoms with E-state index in [1.807, 2.05) is 25.1 Å². The Morgan fingerprint density at radius 3 is 2.95 bits per heavy atom. The van der Waals surface area contributed by atoms with Crippen LogP contribution in [0.2, 0.25) is 0 Å². The number of nitrogens with zero attached hydrogens (tertiary/aromatic N) is 2. The molecule has 0 N–H and O–H groups in total. The maximum atomic E-state index is 12.0. The van der Waals surface area contributed by atoms with Gasteiger partial charge in [0.1, 0.15) is 18.0 Å². The molecule has 22 heavy (non-hydrogen) atoms. The molecule has 1 aliphatic heterocycles. The molecule has 2 heterocycles. The lowest BCUT2D eigenvalue weighted by atomic mass is 10.2. The first-order chi connectivity index (χ1) is 10.4. The fraction of sp³-hybridized carbons (Fsp3) is 0.333. The highest BCUT2D eigenvalue weighted by molar-refractivity contribution is 9.24. The molecule has 1 aliphatic rings. The maximum absolute atomic E-state index is 12.0. The van der Waals surface area contributed by atoms with E-state index < -0.39 is 9.20 Å². The van der Waals surface area contributed by atoms with E-state index in [-0.39, 0.29) is 5.69 Å². The van der Waals surface area contributed by atoms with Gasteiger partial charge >= 0.3 is 5.97 Å². The number of aromatic nitrogens is 2. The molecule has 2 aromatic rings. The van der Waals surface area contributed by atoms with Crippen molar-refractivity contribution in [3.63, 3.8) is 0 Å². The number of alkyl halides is 2. The molecule has 0 spiro atoms. The highest BCUT2D eigenvalue weighted by Gasteiger charge is 2.36. The molecule has 7 heteroatoms. The van der Waals surface area contributed by atoms with Crippen LogP contribution in [0.4, 0.5) is 0 Å². The molecule has 0 saturated carbocycles. The first kappa shape index (κ1) is 15.6. The van der Waals surface area contributed by atoms with E-state index in [0.29, 0.717) is 19.0 Å². The van der Waals surface area contributed by atoms with Crippen molar-refractivity contribution in [1.82, 2.24) is 9.78 Å². The van der Waals surface area contributed by atoms with Gasteiger partial charge in [0.2, 0.25) is 0 Å². The van der Waals surface area contributed by atoms with E-state index >= 15 is 0 Å². The maximum Gasteiger partial charge on any atom is 0.358 e. The molecule has 1 aromatic heterocycles. The van der Waals surface area contributed by atoms with Crippen molar-refractivity contribution in [3.05, 3.63) is 41.2 Å². The summed E-state index contributed by atoms with van der Waals surface area (Å²) in [4.78, 5) is 12.0. The summed E-state index contributed by atoms with van der Waals surface area (Å²) in [5.41, 5.74) is 2.93. The molecule has 1 aromatic carbocycles. The monoisotopic (exact) mass is 428 g/mol. The summed E-state index contributed by atoms with van der Waals surface area (Å²) in [6.07, 6.45) is 0. The van der Waals surface area contributed by atoms with Crippen LogP contribution in [0.5, 0.6) is 5.75 Å². The number of aryl methyl sites for hydroxylation is 1. The minimum absolute atomic E-state index is 0.273. The predicted molar refractivity (Wildman–Crippen MR) is 89.3 cm³/mol. The van der Waals surface area contributed by atoms with Crippen molar-refractivity contribution in [3.8, 4) is 11.4 Å². The van der Waals surface area contributed by atoms with E-state index in [1.54, 1.807) is 17.7 Å². The average molecular weight is 430 g/mol. The minimum atomic E-state index is -0.634. The van der Waals surface area contributed by atoms with E-state index in [4.69, 9.17) is 9.47 Å². The van der Waals surface area contributed by atoms with Gasteiger partial charge in [-0.15, -0.1) is 0 Å². The third-order valence-electron chi connectivity index (χ3n) is 3.32. The first-order valence-corrected chi connectivity index (χ1v) is 8.40. The zero-order chi connectivity index (χ0) is 15.9. The molecule has 0 saturated heterocycles. The number of benzene rings is 1. The number of fused-ring (bicyclic) bond motifs is 3. The number of halogens is 2. The van der Waals surface area contributed by atoms with Crippen molar-refractivity contribution in [1.29, 1.82) is 0 Å². The van der Waals surface area contributed by atoms with Gasteiger partial charge in [-0.1, -0.05) is 37.9 Å². The van der Waals surface area contributed by atoms with Crippen LogP contribution in [0.25, 0.3) is 5.69 Å². The zero-order valence-corrected chi connectivity index (χ0v) is 15.3. The Morgan fingerprint density at radius 2 is 2.23 bits per heavy atom. The second-order valence-electron chi connectivity index (χ2n) is 5.01. The Labute approximate surface area is 144 Å². The molecule has 0 aliphatic carbocycles. The van der Waals surface area contributed by atoms with Gasteiger partial charge in [0.05, 0.1) is 12.3 Å². The largest absolute Gasteiger partial charge is 0.489 e. The summed E-state index contributed by atoms with van der Waals surface area (Å²) >= 11 is 7.20. The van der Waals surface area contributed by atoms with Gasteiger partial charge in [-0.3, -0.25) is 0 Å². The molecule has 0 radical (unpaired) electrons. The molecule has 0 atom stereocenters. The third kappa shape index (κ3) is 2.67. The van der Waals surface area contributed by atoms with E-state index in [1.165, 1.54) is 0 Å². The number of esters is 1. The number of rotatable bonds is 2. The fourth-order valence-electron chi connectivity index (χ4n) is 2.29. The van der Waals surface area contributed by atoms with Crippen molar-refractivity contribution < 1.29 is 14.3 Å². The molecule has 116 valence electrons. The molecule has 5 nitrogen and oxygen atoms in total. The van der Waals surface area contributed by atoms with Gasteiger partial charge in [0.25, 0.3) is 0 Å². The highest BCUT2D eigenvalue weighted by atomic mass is 79.9. The first-order valence-electron chi connectivity index (χ1n) is 6.81. The molecular weight excluding hydrogens is 416 g/mol. The van der Waals surface area contributed by atoms with Gasteiger partial charge in [-0.05, 0) is 37.6 Å². The molecule has 0 amide bonds. The quantitative estimate of drug-likeness (QED) is 0.539. The standard InChI is InChI=1S/C15H14Br2N2O3/c1-3-21-14(20)10-7-13-15(16,17)8-22-12-5-4-9(2)6-11(12)19(13)18-10/h4-7H,3,8H2,1-2H3. The Bertz CT molecular complexity index is 740. The van der Waals surface area contributed by atoms with Crippen LogP contribution in [-0.4, -0.2) is 29.0 Å². The second kappa shape index (κ2) is 5.70. The highest BCUT2D eigenvalue weighted by Crippen LogP contribution is 2.43. The fourth-order valence-corrected chi connectivity index (χ4v) is 3.08. The van der Waals surface area contributed by atoms with Crippen molar-refractivity contribution in [2.45, 2.75) is 17.1 Å². The Kier molecular flexibility index (Phi) is 4.03. The van der Waals surface area contributed by atoms with Crippen LogP contribution < -0.4 is 4.74 Å². The number of ether oxygens (including phenoxy) is 2. The van der Waals surface area contributed by atoms with Crippen molar-refractivity contribution >= 4 is 37.8 Å². The SMILES string of the molecule is CCOC(=O)c1cc2n(n1)-c1cc(C)ccc1OCC2(Br)Br. The number of carbonyl (C=O) groups is 1. The van der Waals surface area contributed by atoms with Crippen LogP contribution in [-0.2, 0) is 7.97 Å². The third-order valence-corrected chi connectivity index (χ3v) is 4.59. The summed E-state index contributed by atoms with van der Waals surface area (Å²) < 4.78 is 12.0. The Hall–Kier alpha value is -1.34. The molecular formula is C15H14Br2N2O3. The predicted octanol–water partition coefficient (Wildman–Crippen LogP) is 3.69. The number of hydrogen-bond acceptors (Lipinski definition) is 4. The minimum Gasteiger partial charge on any atom is -0.489 e. The second-order valence-corrected chi connectivity index (χ2v) is 8.78. The van der Waals surface area contributed by atoms with Crippen LogP contribution in [0.1, 0.15) is 28.7 Å². The summed E-state index contributed by atoms with van der Waals surface area (Å²) in [5, 5.41) is 4.41. The zero-order valence-electron chi connectivity index (χ0n) is 12.1. The van der Waals surface area contributed by atoms with Gasteiger partial charge in [-0.25, -0.2) is 9.48 Å². The lowest BCUT2D eigenvalue weighted by Gasteiger charge is -2.17. The van der Waals surface area contributed by atoms with Gasteiger partial charge in [-0.2, -0.15) is 5.10 Å². The van der Waals surface area contributed by atoms with Gasteiger partial charge in [0.15, 0.2) is 8.93 Å². The topological polar surface area (TPSA) is 53.4 Å². The molecule has 0 bridgehead atoms. The summed E-state index contributed by atoms with van der Waals surface area (Å²) in [6, 6.07) is 7.57. The van der Waals surface area contributed by atoms with Crippen molar-refractivity contribution in [2.75, 3.05) is 13.2 Å². The number of hydrogen-bond donors (Lipinski definition) is 0. The Morgan fingerprint density at radius 1 is 1.45 bits per heavy atom. The van der Waals surface area contributed by atoms with Crippen LogP contribution >= 0.6 is 31.9 Å². The van der Waals surface area contributed by atoms with Crippen LogP contribution in [0, 0.1) is 6.92 Å². The average Bonchev–Trinajstić information content (AvgIpc) is 2.88. The Balaban J connectivity index is 2.19. The van der Waals surface area contributed by atoms with E-state index in [0.717, 1.165) is 16.9 Å². The molecule has 0 unspecified atom stereocenters. The normalized spacial score (nSPS) is 15.3. The molecule has 3 rings (SSSR count). The lowest BCUT2D eigenvalue weighted by molar-refractivity contribution is 0.0519. The lowest BCUT2D eigenvalue weighted by Crippen LogP contribution is -2.19. The number of carbonyl (C=O) groups excluding carboxylic acids is 1. The summed E-state index contributed by atoms with van der Waals surface area (Å²) in [6.45, 7) is 4.44. The van der Waals surface area contributed by atoms with Crippen LogP contribution in [0.15, 0.2) is 24.3 Å². The summed E-state index contributed by atoms with van der Waals surface area (Å²) in [7, 11) is 0. The molecule has 0 fully saturated rings.